The van der Waals surface area contributed by atoms with Crippen molar-refractivity contribution in [3.05, 3.63) is 58.9 Å². The van der Waals surface area contributed by atoms with Crippen LogP contribution >= 0.6 is 23.2 Å². The standard InChI is InChI=1S/C14H12Cl2FN/c1-18(12-6-3-11(17)4-7-12)13-5-2-10(9-15)14(16)8-13/h2-8H,9H2,1H3. The van der Waals surface area contributed by atoms with Gasteiger partial charge in [0.1, 0.15) is 5.82 Å². The lowest BCUT2D eigenvalue weighted by Crippen LogP contribution is -2.09. The van der Waals surface area contributed by atoms with E-state index in [4.69, 9.17) is 23.2 Å². The first-order chi connectivity index (χ1) is 8.61. The molecule has 0 aliphatic heterocycles. The molecule has 0 saturated carbocycles. The normalized spacial score (nSPS) is 10.4. The average Bonchev–Trinajstić information content (AvgIpc) is 2.38. The quantitative estimate of drug-likeness (QED) is 0.718. The Morgan fingerprint density at radius 1 is 1.06 bits per heavy atom. The van der Waals surface area contributed by atoms with Crippen LogP contribution < -0.4 is 4.90 Å². The molecule has 2 rings (SSSR count). The first-order valence-corrected chi connectivity index (χ1v) is 6.37. The zero-order chi connectivity index (χ0) is 13.1. The van der Waals surface area contributed by atoms with Crippen LogP contribution in [0, 0.1) is 5.82 Å². The topological polar surface area (TPSA) is 3.24 Å². The third kappa shape index (κ3) is 2.77. The van der Waals surface area contributed by atoms with Gasteiger partial charge in [-0.1, -0.05) is 17.7 Å². The zero-order valence-electron chi connectivity index (χ0n) is 9.83. The van der Waals surface area contributed by atoms with Crippen molar-refractivity contribution in [2.75, 3.05) is 11.9 Å². The molecule has 1 nitrogen and oxygen atoms in total. The van der Waals surface area contributed by atoms with Gasteiger partial charge in [0.2, 0.25) is 0 Å². The lowest BCUT2D eigenvalue weighted by molar-refractivity contribution is 0.628. The van der Waals surface area contributed by atoms with Gasteiger partial charge in [-0.05, 0) is 42.0 Å². The third-order valence-corrected chi connectivity index (χ3v) is 3.42. The Hall–Kier alpha value is -1.25. The van der Waals surface area contributed by atoms with Gasteiger partial charge >= 0.3 is 0 Å². The second-order valence-electron chi connectivity index (χ2n) is 3.94. The fourth-order valence-electron chi connectivity index (χ4n) is 1.67. The molecule has 0 aliphatic rings. The van der Waals surface area contributed by atoms with E-state index in [-0.39, 0.29) is 5.82 Å². The monoisotopic (exact) mass is 283 g/mol. The van der Waals surface area contributed by atoms with Crippen LogP contribution in [0.25, 0.3) is 0 Å². The van der Waals surface area contributed by atoms with Crippen molar-refractivity contribution in [1.82, 2.24) is 0 Å². The molecule has 0 radical (unpaired) electrons. The Morgan fingerprint density at radius 2 is 1.67 bits per heavy atom. The highest BCUT2D eigenvalue weighted by Gasteiger charge is 2.07. The van der Waals surface area contributed by atoms with E-state index in [1.54, 1.807) is 12.1 Å². The van der Waals surface area contributed by atoms with Gasteiger partial charge in [-0.3, -0.25) is 0 Å². The number of nitrogens with zero attached hydrogens (tertiary/aromatic N) is 1. The number of anilines is 2. The van der Waals surface area contributed by atoms with Gasteiger partial charge in [0.25, 0.3) is 0 Å². The van der Waals surface area contributed by atoms with E-state index in [1.165, 1.54) is 12.1 Å². The number of hydrogen-bond donors (Lipinski definition) is 0. The maximum atomic E-state index is 12.9. The summed E-state index contributed by atoms with van der Waals surface area (Å²) >= 11 is 11.9. The van der Waals surface area contributed by atoms with Crippen LogP contribution in [-0.2, 0) is 5.88 Å². The molecule has 0 unspecified atom stereocenters. The Kier molecular flexibility index (Phi) is 4.10. The van der Waals surface area contributed by atoms with E-state index in [0.717, 1.165) is 16.9 Å². The predicted octanol–water partition coefficient (Wildman–Crippen LogP) is 4.99. The molecular weight excluding hydrogens is 272 g/mol. The summed E-state index contributed by atoms with van der Waals surface area (Å²) in [6.45, 7) is 0. The smallest absolute Gasteiger partial charge is 0.123 e. The summed E-state index contributed by atoms with van der Waals surface area (Å²) in [7, 11) is 1.90. The third-order valence-electron chi connectivity index (χ3n) is 2.78. The van der Waals surface area contributed by atoms with Crippen LogP contribution in [0.4, 0.5) is 15.8 Å². The van der Waals surface area contributed by atoms with Crippen molar-refractivity contribution in [3.63, 3.8) is 0 Å². The van der Waals surface area contributed by atoms with Crippen molar-refractivity contribution >= 4 is 34.6 Å². The summed E-state index contributed by atoms with van der Waals surface area (Å²) in [5.74, 6) is 0.141. The van der Waals surface area contributed by atoms with E-state index in [2.05, 4.69) is 0 Å². The van der Waals surface area contributed by atoms with Gasteiger partial charge in [0, 0.05) is 29.3 Å². The molecule has 0 atom stereocenters. The SMILES string of the molecule is CN(c1ccc(F)cc1)c1ccc(CCl)c(Cl)c1. The van der Waals surface area contributed by atoms with E-state index in [0.29, 0.717) is 10.9 Å². The summed E-state index contributed by atoms with van der Waals surface area (Å²) in [5, 5.41) is 0.636. The van der Waals surface area contributed by atoms with E-state index in [9.17, 15) is 4.39 Å². The molecule has 94 valence electrons. The molecule has 0 spiro atoms. The van der Waals surface area contributed by atoms with Crippen molar-refractivity contribution in [1.29, 1.82) is 0 Å². The van der Waals surface area contributed by atoms with Crippen LogP contribution in [0.5, 0.6) is 0 Å². The van der Waals surface area contributed by atoms with Gasteiger partial charge in [-0.15, -0.1) is 11.6 Å². The molecule has 0 amide bonds. The molecule has 18 heavy (non-hydrogen) atoms. The number of hydrogen-bond acceptors (Lipinski definition) is 1. The van der Waals surface area contributed by atoms with E-state index < -0.39 is 0 Å². The molecule has 0 saturated heterocycles. The summed E-state index contributed by atoms with van der Waals surface area (Å²) in [6, 6.07) is 12.0. The molecule has 0 N–H and O–H groups in total. The number of benzene rings is 2. The Balaban J connectivity index is 2.31. The van der Waals surface area contributed by atoms with Crippen molar-refractivity contribution < 1.29 is 4.39 Å². The molecule has 2 aromatic rings. The first-order valence-electron chi connectivity index (χ1n) is 5.45. The molecular formula is C14H12Cl2FN. The predicted molar refractivity (Wildman–Crippen MR) is 75.5 cm³/mol. The highest BCUT2D eigenvalue weighted by Crippen LogP contribution is 2.28. The van der Waals surface area contributed by atoms with Gasteiger partial charge in [0.15, 0.2) is 0 Å². The minimum Gasteiger partial charge on any atom is -0.345 e. The molecule has 0 fully saturated rings. The molecule has 2 aromatic carbocycles. The molecule has 0 bridgehead atoms. The summed E-state index contributed by atoms with van der Waals surface area (Å²) in [5.41, 5.74) is 2.72. The lowest BCUT2D eigenvalue weighted by Gasteiger charge is -2.20. The van der Waals surface area contributed by atoms with E-state index in [1.807, 2.05) is 30.1 Å². The summed E-state index contributed by atoms with van der Waals surface area (Å²) < 4.78 is 12.9. The van der Waals surface area contributed by atoms with Gasteiger partial charge in [-0.25, -0.2) is 4.39 Å². The minimum atomic E-state index is -0.248. The largest absolute Gasteiger partial charge is 0.345 e. The number of halogens is 3. The Morgan fingerprint density at radius 3 is 2.22 bits per heavy atom. The summed E-state index contributed by atoms with van der Waals surface area (Å²) in [6.07, 6.45) is 0. The fourth-order valence-corrected chi connectivity index (χ4v) is 2.21. The Labute approximate surface area is 116 Å². The van der Waals surface area contributed by atoms with Crippen LogP contribution in [0.15, 0.2) is 42.5 Å². The van der Waals surface area contributed by atoms with Crippen molar-refractivity contribution in [2.24, 2.45) is 0 Å². The van der Waals surface area contributed by atoms with Crippen molar-refractivity contribution in [2.45, 2.75) is 5.88 Å². The first kappa shape index (κ1) is 13.2. The highest BCUT2D eigenvalue weighted by atomic mass is 35.5. The van der Waals surface area contributed by atoms with Crippen LogP contribution in [0.3, 0.4) is 0 Å². The maximum Gasteiger partial charge on any atom is 0.123 e. The lowest BCUT2D eigenvalue weighted by atomic mass is 10.2. The number of alkyl halides is 1. The molecule has 0 heterocycles. The average molecular weight is 284 g/mol. The highest BCUT2D eigenvalue weighted by molar-refractivity contribution is 6.32. The molecule has 4 heteroatoms. The van der Waals surface area contributed by atoms with Gasteiger partial charge < -0.3 is 4.90 Å². The fraction of sp³-hybridized carbons (Fsp3) is 0.143. The van der Waals surface area contributed by atoms with Crippen LogP contribution in [0.1, 0.15) is 5.56 Å². The zero-order valence-corrected chi connectivity index (χ0v) is 11.3. The van der Waals surface area contributed by atoms with Crippen LogP contribution in [-0.4, -0.2) is 7.05 Å². The maximum absolute atomic E-state index is 12.9. The number of rotatable bonds is 3. The second kappa shape index (κ2) is 5.59. The minimum absolute atomic E-state index is 0.248. The Bertz CT molecular complexity index is 540. The summed E-state index contributed by atoms with van der Waals surface area (Å²) in [4.78, 5) is 1.93. The second-order valence-corrected chi connectivity index (χ2v) is 4.62. The molecule has 0 aliphatic carbocycles. The van der Waals surface area contributed by atoms with Gasteiger partial charge in [-0.2, -0.15) is 0 Å². The molecule has 0 aromatic heterocycles. The van der Waals surface area contributed by atoms with Gasteiger partial charge in [0.05, 0.1) is 0 Å². The van der Waals surface area contributed by atoms with E-state index >= 15 is 0 Å². The van der Waals surface area contributed by atoms with Crippen molar-refractivity contribution in [3.8, 4) is 0 Å². The van der Waals surface area contributed by atoms with Crippen LogP contribution in [0.2, 0.25) is 5.02 Å².